The van der Waals surface area contributed by atoms with Gasteiger partial charge < -0.3 is 14.0 Å². The average molecular weight is 963 g/mol. The van der Waals surface area contributed by atoms with Gasteiger partial charge in [0.1, 0.15) is 5.58 Å². The van der Waals surface area contributed by atoms with Gasteiger partial charge in [0.05, 0.1) is 42.1 Å². The minimum atomic E-state index is -1.60. The number of hydrogen-bond donors (Lipinski definition) is 0. The zero-order valence-corrected chi connectivity index (χ0v) is 37.9. The van der Waals surface area contributed by atoms with Gasteiger partial charge in [-0.05, 0) is 69.2 Å². The van der Waals surface area contributed by atoms with Gasteiger partial charge in [0.25, 0.3) is 0 Å². The second-order valence-corrected chi connectivity index (χ2v) is 21.4. The number of pyridine rings is 1. The van der Waals surface area contributed by atoms with E-state index < -0.39 is 8.07 Å². The van der Waals surface area contributed by atoms with Gasteiger partial charge in [-0.25, -0.2) is 0 Å². The predicted octanol–water partition coefficient (Wildman–Crippen LogP) is 13.3. The molecule has 0 aliphatic heterocycles. The summed E-state index contributed by atoms with van der Waals surface area (Å²) in [5.74, 6) is 1.60. The Morgan fingerprint density at radius 3 is 2.12 bits per heavy atom. The molecule has 0 aliphatic carbocycles. The quantitative estimate of drug-likeness (QED) is 0.118. The summed E-state index contributed by atoms with van der Waals surface area (Å²) in [6.45, 7) is 15.9. The van der Waals surface area contributed by atoms with Crippen LogP contribution in [0.15, 0.2) is 144 Å². The van der Waals surface area contributed by atoms with Crippen molar-refractivity contribution in [2.45, 2.75) is 59.2 Å². The predicted molar refractivity (Wildman–Crippen MR) is 242 cm³/mol. The van der Waals surface area contributed by atoms with Crippen LogP contribution in [-0.4, -0.2) is 22.6 Å². The van der Waals surface area contributed by atoms with E-state index in [2.05, 4.69) is 136 Å². The minimum Gasteiger partial charge on any atom is -0.501 e. The summed E-state index contributed by atoms with van der Waals surface area (Å²) < 4.78 is 8.73. The monoisotopic (exact) mass is 963 g/mol. The van der Waals surface area contributed by atoms with E-state index in [1.54, 1.807) is 0 Å². The molecule has 295 valence electrons. The van der Waals surface area contributed by atoms with Gasteiger partial charge in [-0.1, -0.05) is 131 Å². The molecule has 0 saturated carbocycles. The Kier molecular flexibility index (Phi) is 12.0. The molecule has 0 saturated heterocycles. The van der Waals surface area contributed by atoms with E-state index in [0.29, 0.717) is 17.4 Å². The molecule has 9 aromatic rings. The SMILES string of the molecule is CC(C)c1cccc(C(C)C)c1-n1c(-c2[c-]ccc3c2oc2ccccc23)nc2ccccc21.C[Si](C)(C)c1cnc(-c2[c-]cccc2)cc1-c1ccccc1C#N.[Ir]. The van der Waals surface area contributed by atoms with Gasteiger partial charge in [-0.2, -0.15) is 5.26 Å². The Hall–Kier alpha value is -5.90. The van der Waals surface area contributed by atoms with E-state index in [0.717, 1.165) is 66.7 Å². The minimum absolute atomic E-state index is 0. The van der Waals surface area contributed by atoms with Crippen molar-refractivity contribution in [2.75, 3.05) is 0 Å². The second-order valence-electron chi connectivity index (χ2n) is 16.3. The molecule has 0 unspecified atom stereocenters. The van der Waals surface area contributed by atoms with E-state index in [-0.39, 0.29) is 20.1 Å². The van der Waals surface area contributed by atoms with E-state index >= 15 is 0 Å². The molecule has 7 heteroatoms. The largest absolute Gasteiger partial charge is 0.501 e. The number of imidazole rings is 1. The van der Waals surface area contributed by atoms with Crippen molar-refractivity contribution in [2.24, 2.45) is 0 Å². The normalized spacial score (nSPS) is 11.5. The Morgan fingerprint density at radius 2 is 1.41 bits per heavy atom. The molecule has 3 heterocycles. The zero-order chi connectivity index (χ0) is 40.6. The van der Waals surface area contributed by atoms with Crippen LogP contribution in [0.1, 0.15) is 56.2 Å². The van der Waals surface area contributed by atoms with Crippen molar-refractivity contribution in [3.05, 3.63) is 168 Å². The number of nitrogens with zero attached hydrogens (tertiary/aromatic N) is 4. The van der Waals surface area contributed by atoms with E-state index in [1.165, 1.54) is 22.0 Å². The van der Waals surface area contributed by atoms with Crippen molar-refractivity contribution in [1.29, 1.82) is 5.26 Å². The maximum atomic E-state index is 9.50. The van der Waals surface area contributed by atoms with Gasteiger partial charge in [-0.15, -0.1) is 54.1 Å². The summed E-state index contributed by atoms with van der Waals surface area (Å²) in [7, 11) is -1.60. The number of para-hydroxylation sites is 4. The molecule has 0 N–H and O–H groups in total. The first-order valence-corrected chi connectivity index (χ1v) is 23.4. The number of furan rings is 1. The van der Waals surface area contributed by atoms with Gasteiger partial charge in [0.2, 0.25) is 0 Å². The summed E-state index contributed by atoms with van der Waals surface area (Å²) in [5, 5.41) is 13.0. The van der Waals surface area contributed by atoms with Gasteiger partial charge >= 0.3 is 0 Å². The molecular formula is C52H46IrN4OSi-2. The van der Waals surface area contributed by atoms with Crippen LogP contribution in [-0.2, 0) is 20.1 Å². The number of fused-ring (bicyclic) bond motifs is 4. The first-order chi connectivity index (χ1) is 28.0. The van der Waals surface area contributed by atoms with Gasteiger partial charge in [0.15, 0.2) is 0 Å². The maximum Gasteiger partial charge on any atom is 0.120 e. The molecule has 0 atom stereocenters. The van der Waals surface area contributed by atoms with Crippen LogP contribution >= 0.6 is 0 Å². The standard InChI is InChI=1S/C31H27N2O.C21H19N2Si.Ir/c1-19(2)21-12-9-13-22(20(3)4)29(21)33-27-17-7-6-16-26(27)32-31(33)25-15-10-14-24-23-11-5-8-18-28(23)34-30(24)25;1-24(2,3)21-15-23-20(16-9-5-4-6-10-16)13-19(21)18-12-8-7-11-17(18)14-22;/h5-14,16-20H,1-4H3;4-9,11-13,15H,1-3H3;/q2*-1;. The average Bonchev–Trinajstić information content (AvgIpc) is 3.82. The molecular weight excluding hydrogens is 917 g/mol. The summed E-state index contributed by atoms with van der Waals surface area (Å²) in [6, 6.07) is 54.1. The second kappa shape index (κ2) is 17.1. The van der Waals surface area contributed by atoms with Crippen LogP contribution in [0.2, 0.25) is 19.6 Å². The van der Waals surface area contributed by atoms with E-state index in [1.807, 2.05) is 79.0 Å². The molecule has 5 nitrogen and oxygen atoms in total. The fourth-order valence-electron chi connectivity index (χ4n) is 7.84. The van der Waals surface area contributed by atoms with E-state index in [9.17, 15) is 5.26 Å². The first kappa shape index (κ1) is 41.3. The van der Waals surface area contributed by atoms with Crippen molar-refractivity contribution < 1.29 is 24.5 Å². The van der Waals surface area contributed by atoms with Crippen LogP contribution in [0.5, 0.6) is 0 Å². The molecule has 59 heavy (non-hydrogen) atoms. The molecule has 0 bridgehead atoms. The van der Waals surface area contributed by atoms with Crippen molar-refractivity contribution in [1.82, 2.24) is 14.5 Å². The van der Waals surface area contributed by atoms with Crippen LogP contribution < -0.4 is 5.19 Å². The topological polar surface area (TPSA) is 67.6 Å². The van der Waals surface area contributed by atoms with Gasteiger partial charge in [0, 0.05) is 37.4 Å². The summed E-state index contributed by atoms with van der Waals surface area (Å²) in [5.41, 5.74) is 13.2. The molecule has 1 radical (unpaired) electrons. The molecule has 0 spiro atoms. The molecule has 6 aromatic carbocycles. The fourth-order valence-corrected chi connectivity index (χ4v) is 9.30. The Bertz CT molecular complexity index is 2940. The third-order valence-electron chi connectivity index (χ3n) is 10.7. The van der Waals surface area contributed by atoms with Crippen LogP contribution in [0.3, 0.4) is 0 Å². The molecule has 0 fully saturated rings. The van der Waals surface area contributed by atoms with Crippen LogP contribution in [0.4, 0.5) is 0 Å². The van der Waals surface area contributed by atoms with Gasteiger partial charge in [-0.3, -0.25) is 4.98 Å². The maximum absolute atomic E-state index is 9.50. The smallest absolute Gasteiger partial charge is 0.120 e. The zero-order valence-electron chi connectivity index (χ0n) is 34.5. The summed E-state index contributed by atoms with van der Waals surface area (Å²) in [6.07, 6.45) is 1.99. The van der Waals surface area contributed by atoms with Crippen molar-refractivity contribution >= 4 is 46.2 Å². The number of hydrogen-bond acceptors (Lipinski definition) is 4. The number of aromatic nitrogens is 3. The van der Waals surface area contributed by atoms with Crippen LogP contribution in [0, 0.1) is 23.5 Å². The molecule has 9 rings (SSSR count). The summed E-state index contributed by atoms with van der Waals surface area (Å²) in [4.78, 5) is 9.83. The van der Waals surface area contributed by atoms with Crippen molar-refractivity contribution in [3.63, 3.8) is 0 Å². The van der Waals surface area contributed by atoms with Crippen LogP contribution in [0.25, 0.3) is 72.4 Å². The number of benzene rings is 6. The number of nitriles is 1. The fraction of sp³-hybridized carbons (Fsp3) is 0.173. The molecule has 0 aliphatic rings. The Balaban J connectivity index is 0.000000187. The first-order valence-electron chi connectivity index (χ1n) is 19.9. The number of rotatable bonds is 7. The third-order valence-corrected chi connectivity index (χ3v) is 12.7. The summed E-state index contributed by atoms with van der Waals surface area (Å²) >= 11 is 0. The Morgan fingerprint density at radius 1 is 0.712 bits per heavy atom. The Labute approximate surface area is 361 Å². The molecule has 0 amide bonds. The molecule has 3 aromatic heterocycles. The van der Waals surface area contributed by atoms with Crippen molar-refractivity contribution in [3.8, 4) is 45.5 Å². The van der Waals surface area contributed by atoms with E-state index in [4.69, 9.17) is 9.40 Å². The third kappa shape index (κ3) is 7.97.